The third-order valence-electron chi connectivity index (χ3n) is 2.19. The molecule has 0 saturated heterocycles. The van der Waals surface area contributed by atoms with Gasteiger partial charge < -0.3 is 9.84 Å². The molecule has 0 spiro atoms. The maximum atomic E-state index is 11.8. The standard InChI is InChI=1S/C13H13ClN2O5/c1-2-21-13(20)12(8-3-5-9(14)6-4-8)16-15-10(17)7-11(18)19/h3-6H,2,7H2,1H3,(H,15,17)(H,18,19). The highest BCUT2D eigenvalue weighted by molar-refractivity contribution is 6.43. The molecule has 7 nitrogen and oxygen atoms in total. The summed E-state index contributed by atoms with van der Waals surface area (Å²) in [4.78, 5) is 33.4. The fraction of sp³-hybridized carbons (Fsp3) is 0.231. The molecule has 2 N–H and O–H groups in total. The van der Waals surface area contributed by atoms with Crippen LogP contribution in [0.3, 0.4) is 0 Å². The number of aliphatic carboxylic acids is 1. The first-order valence-corrected chi connectivity index (χ1v) is 6.33. The molecule has 1 rings (SSSR count). The number of carboxylic acid groups (broad SMARTS) is 1. The number of ether oxygens (including phenoxy) is 1. The summed E-state index contributed by atoms with van der Waals surface area (Å²) >= 11 is 5.75. The third kappa shape index (κ3) is 5.62. The first-order valence-electron chi connectivity index (χ1n) is 5.95. The molecule has 0 aromatic heterocycles. The lowest BCUT2D eigenvalue weighted by Crippen LogP contribution is -2.26. The normalized spacial score (nSPS) is 10.9. The van der Waals surface area contributed by atoms with E-state index in [9.17, 15) is 14.4 Å². The van der Waals surface area contributed by atoms with Crippen LogP contribution >= 0.6 is 11.6 Å². The van der Waals surface area contributed by atoms with Crippen LogP contribution in [0.25, 0.3) is 0 Å². The molecule has 0 radical (unpaired) electrons. The first kappa shape index (κ1) is 16.6. The monoisotopic (exact) mass is 312 g/mol. The number of esters is 1. The summed E-state index contributed by atoms with van der Waals surface area (Å²) in [6.07, 6.45) is -0.750. The average Bonchev–Trinajstić information content (AvgIpc) is 2.40. The Morgan fingerprint density at radius 1 is 1.29 bits per heavy atom. The quantitative estimate of drug-likeness (QED) is 0.355. The van der Waals surface area contributed by atoms with Crippen molar-refractivity contribution in [2.45, 2.75) is 13.3 Å². The van der Waals surface area contributed by atoms with Crippen LogP contribution in [-0.2, 0) is 19.1 Å². The maximum Gasteiger partial charge on any atom is 0.359 e. The highest BCUT2D eigenvalue weighted by Crippen LogP contribution is 2.11. The van der Waals surface area contributed by atoms with Crippen molar-refractivity contribution in [1.82, 2.24) is 5.43 Å². The number of carbonyl (C=O) groups is 3. The number of nitrogens with zero attached hydrogens (tertiary/aromatic N) is 1. The van der Waals surface area contributed by atoms with Crippen LogP contribution in [0.4, 0.5) is 0 Å². The zero-order valence-electron chi connectivity index (χ0n) is 11.1. The Kier molecular flexibility index (Phi) is 6.35. The molecular weight excluding hydrogens is 300 g/mol. The summed E-state index contributed by atoms with van der Waals surface area (Å²) in [5.41, 5.74) is 2.24. The lowest BCUT2D eigenvalue weighted by molar-refractivity contribution is -0.140. The number of halogens is 1. The highest BCUT2D eigenvalue weighted by Gasteiger charge is 2.16. The fourth-order valence-corrected chi connectivity index (χ4v) is 1.46. The molecular formula is C13H13ClN2O5. The molecule has 0 aliphatic rings. The van der Waals surface area contributed by atoms with Crippen molar-refractivity contribution >= 4 is 35.2 Å². The van der Waals surface area contributed by atoms with E-state index in [1.54, 1.807) is 19.1 Å². The van der Waals surface area contributed by atoms with E-state index in [0.29, 0.717) is 10.6 Å². The summed E-state index contributed by atoms with van der Waals surface area (Å²) in [6.45, 7) is 1.76. The number of amides is 1. The van der Waals surface area contributed by atoms with E-state index >= 15 is 0 Å². The number of rotatable bonds is 6. The minimum absolute atomic E-state index is 0.133. The third-order valence-corrected chi connectivity index (χ3v) is 2.44. The second-order valence-electron chi connectivity index (χ2n) is 3.79. The molecule has 21 heavy (non-hydrogen) atoms. The summed E-state index contributed by atoms with van der Waals surface area (Å²) in [7, 11) is 0. The molecule has 0 aliphatic carbocycles. The Hall–Kier alpha value is -2.41. The van der Waals surface area contributed by atoms with Gasteiger partial charge in [-0.25, -0.2) is 10.2 Å². The number of hydrogen-bond acceptors (Lipinski definition) is 5. The van der Waals surface area contributed by atoms with Gasteiger partial charge in [-0.05, 0) is 19.1 Å². The second kappa shape index (κ2) is 8.01. The molecule has 0 aliphatic heterocycles. The number of nitrogens with one attached hydrogen (secondary N) is 1. The number of hydrogen-bond donors (Lipinski definition) is 2. The molecule has 1 aromatic carbocycles. The Morgan fingerprint density at radius 3 is 2.43 bits per heavy atom. The molecule has 0 bridgehead atoms. The van der Waals surface area contributed by atoms with Gasteiger partial charge in [0.1, 0.15) is 6.42 Å². The summed E-state index contributed by atoms with van der Waals surface area (Å²) < 4.78 is 4.83. The number of benzene rings is 1. The largest absolute Gasteiger partial charge is 0.481 e. The van der Waals surface area contributed by atoms with E-state index in [-0.39, 0.29) is 12.3 Å². The highest BCUT2D eigenvalue weighted by atomic mass is 35.5. The number of carboxylic acids is 1. The molecule has 8 heteroatoms. The molecule has 0 saturated carbocycles. The average molecular weight is 313 g/mol. The van der Waals surface area contributed by atoms with Crippen molar-refractivity contribution in [3.8, 4) is 0 Å². The van der Waals surface area contributed by atoms with Gasteiger partial charge in [-0.2, -0.15) is 5.10 Å². The minimum Gasteiger partial charge on any atom is -0.481 e. The zero-order valence-corrected chi connectivity index (χ0v) is 11.9. The van der Waals surface area contributed by atoms with Gasteiger partial charge in [0.2, 0.25) is 0 Å². The van der Waals surface area contributed by atoms with Gasteiger partial charge in [-0.1, -0.05) is 23.7 Å². The van der Waals surface area contributed by atoms with E-state index in [0.717, 1.165) is 0 Å². The predicted molar refractivity (Wildman–Crippen MR) is 75.0 cm³/mol. The summed E-state index contributed by atoms with van der Waals surface area (Å²) in [5, 5.41) is 12.6. The maximum absolute atomic E-state index is 11.8. The number of hydrazone groups is 1. The zero-order chi connectivity index (χ0) is 15.8. The Labute approximate surface area is 125 Å². The number of carbonyl (C=O) groups excluding carboxylic acids is 2. The summed E-state index contributed by atoms with van der Waals surface area (Å²) in [6, 6.07) is 6.15. The Bertz CT molecular complexity index is 568. The molecule has 0 atom stereocenters. The van der Waals surface area contributed by atoms with Gasteiger partial charge in [-0.15, -0.1) is 0 Å². The van der Waals surface area contributed by atoms with Crippen molar-refractivity contribution < 1.29 is 24.2 Å². The van der Waals surface area contributed by atoms with E-state index in [2.05, 4.69) is 5.10 Å². The van der Waals surface area contributed by atoms with Gasteiger partial charge in [0.15, 0.2) is 5.71 Å². The smallest absolute Gasteiger partial charge is 0.359 e. The molecule has 0 unspecified atom stereocenters. The lowest BCUT2D eigenvalue weighted by atomic mass is 10.1. The van der Waals surface area contributed by atoms with Crippen LogP contribution < -0.4 is 5.43 Å². The SMILES string of the molecule is CCOC(=O)C(=NNC(=O)CC(=O)O)c1ccc(Cl)cc1. The molecule has 112 valence electrons. The van der Waals surface area contributed by atoms with Crippen LogP contribution in [0.5, 0.6) is 0 Å². The van der Waals surface area contributed by atoms with Crippen molar-refractivity contribution in [2.75, 3.05) is 6.61 Å². The van der Waals surface area contributed by atoms with Gasteiger partial charge in [-0.3, -0.25) is 9.59 Å². The van der Waals surface area contributed by atoms with Crippen molar-refractivity contribution in [2.24, 2.45) is 5.10 Å². The van der Waals surface area contributed by atoms with Gasteiger partial charge in [0, 0.05) is 10.6 Å². The van der Waals surface area contributed by atoms with E-state index in [1.807, 2.05) is 5.43 Å². The minimum atomic E-state index is -1.30. The Morgan fingerprint density at radius 2 is 1.90 bits per heavy atom. The second-order valence-corrected chi connectivity index (χ2v) is 4.23. The van der Waals surface area contributed by atoms with Gasteiger partial charge in [0.05, 0.1) is 6.61 Å². The van der Waals surface area contributed by atoms with Gasteiger partial charge in [0.25, 0.3) is 5.91 Å². The van der Waals surface area contributed by atoms with Crippen LogP contribution in [0, 0.1) is 0 Å². The van der Waals surface area contributed by atoms with Crippen LogP contribution in [0.1, 0.15) is 18.9 Å². The first-order chi connectivity index (χ1) is 9.93. The molecule has 1 amide bonds. The topological polar surface area (TPSA) is 105 Å². The molecule has 0 fully saturated rings. The van der Waals surface area contributed by atoms with Crippen molar-refractivity contribution in [3.63, 3.8) is 0 Å². The van der Waals surface area contributed by atoms with Crippen LogP contribution in [0.15, 0.2) is 29.4 Å². The molecule has 0 heterocycles. The van der Waals surface area contributed by atoms with E-state index < -0.39 is 24.3 Å². The predicted octanol–water partition coefficient (Wildman–Crippen LogP) is 1.20. The lowest BCUT2D eigenvalue weighted by Gasteiger charge is -2.06. The van der Waals surface area contributed by atoms with Crippen LogP contribution in [0.2, 0.25) is 5.02 Å². The van der Waals surface area contributed by atoms with E-state index in [4.69, 9.17) is 21.4 Å². The van der Waals surface area contributed by atoms with Crippen LogP contribution in [-0.4, -0.2) is 35.3 Å². The van der Waals surface area contributed by atoms with E-state index in [1.165, 1.54) is 12.1 Å². The Balaban J connectivity index is 2.96. The molecule has 1 aromatic rings. The van der Waals surface area contributed by atoms with Gasteiger partial charge >= 0.3 is 11.9 Å². The van der Waals surface area contributed by atoms with Crippen molar-refractivity contribution in [1.29, 1.82) is 0 Å². The van der Waals surface area contributed by atoms with Crippen molar-refractivity contribution in [3.05, 3.63) is 34.9 Å². The summed E-state index contributed by atoms with van der Waals surface area (Å²) in [5.74, 6) is -2.89. The fourth-order valence-electron chi connectivity index (χ4n) is 1.33.